The molecule has 3 rings (SSSR count). The minimum absolute atomic E-state index is 0.163. The lowest BCUT2D eigenvalue weighted by Crippen LogP contribution is -2.32. The second-order valence-electron chi connectivity index (χ2n) is 8.76. The van der Waals surface area contributed by atoms with Crippen molar-refractivity contribution in [2.24, 2.45) is 20.0 Å². The highest BCUT2D eigenvalue weighted by Crippen LogP contribution is 2.17. The average Bonchev–Trinajstić information content (AvgIpc) is 2.90. The van der Waals surface area contributed by atoms with Gasteiger partial charge in [-0.3, -0.25) is 0 Å². The molecule has 2 aliphatic heterocycles. The van der Waals surface area contributed by atoms with E-state index in [1.807, 2.05) is 27.7 Å². The summed E-state index contributed by atoms with van der Waals surface area (Å²) in [7, 11) is 0. The fourth-order valence-electron chi connectivity index (χ4n) is 3.64. The largest absolute Gasteiger partial charge is 0.480 e. The Kier molecular flexibility index (Phi) is 17.5. The van der Waals surface area contributed by atoms with Crippen LogP contribution in [0.2, 0.25) is 0 Å². The van der Waals surface area contributed by atoms with E-state index in [1.165, 1.54) is 12.8 Å². The normalized spacial score (nSPS) is 18.2. The van der Waals surface area contributed by atoms with Gasteiger partial charge < -0.3 is 18.9 Å². The van der Waals surface area contributed by atoms with Crippen molar-refractivity contribution >= 4 is 23.6 Å². The molecule has 2 aliphatic rings. The van der Waals surface area contributed by atoms with Gasteiger partial charge in [0.1, 0.15) is 25.2 Å². The summed E-state index contributed by atoms with van der Waals surface area (Å²) >= 11 is 0. The number of hydrogen-bond donors (Lipinski definition) is 0. The van der Waals surface area contributed by atoms with Gasteiger partial charge in [0.15, 0.2) is 0 Å². The zero-order chi connectivity index (χ0) is 28.2. The third kappa shape index (κ3) is 12.1. The lowest BCUT2D eigenvalue weighted by molar-refractivity contribution is 0.293. The van der Waals surface area contributed by atoms with Gasteiger partial charge in [-0.1, -0.05) is 64.8 Å². The molecule has 0 radical (unpaired) electrons. The van der Waals surface area contributed by atoms with Crippen LogP contribution >= 0.6 is 0 Å². The van der Waals surface area contributed by atoms with Gasteiger partial charge in [0.05, 0.1) is 26.4 Å². The molecule has 0 saturated carbocycles. The topological polar surface area (TPSA) is 86.4 Å². The van der Waals surface area contributed by atoms with E-state index in [9.17, 15) is 0 Å². The standard InChI is InChI=1S/C24H34N4O4.2C3H8/c1-5-29-21-15-25-23(31-7-3)19(27-21)13-17-9-11-18(12-10-17)14-20-24(32-8-4)26-16-22(28-20)30-6-2;2*1-3-2/h9-12,19-20H,5-8,13-16H2,1-4H3;2*3H2,1-2H3/t19-,20-;;/m1../s1. The minimum Gasteiger partial charge on any atom is -0.480 e. The summed E-state index contributed by atoms with van der Waals surface area (Å²) in [6, 6.07) is 8.16. The van der Waals surface area contributed by atoms with Crippen LogP contribution in [0, 0.1) is 0 Å². The summed E-state index contributed by atoms with van der Waals surface area (Å²) in [5.74, 6) is 2.69. The summed E-state index contributed by atoms with van der Waals surface area (Å²) in [6.07, 6.45) is 3.91. The molecule has 1 aromatic carbocycles. The third-order valence-corrected chi connectivity index (χ3v) is 5.00. The molecule has 0 saturated heterocycles. The summed E-state index contributed by atoms with van der Waals surface area (Å²) in [5.41, 5.74) is 2.32. The Labute approximate surface area is 230 Å². The molecular formula is C30H50N4O4. The number of ether oxygens (including phenoxy) is 4. The van der Waals surface area contributed by atoms with E-state index in [-0.39, 0.29) is 12.1 Å². The molecule has 214 valence electrons. The van der Waals surface area contributed by atoms with Crippen LogP contribution in [0.5, 0.6) is 0 Å². The minimum atomic E-state index is -0.163. The fraction of sp³-hybridized carbons (Fsp3) is 0.667. The Hall–Kier alpha value is -2.90. The van der Waals surface area contributed by atoms with Gasteiger partial charge in [-0.15, -0.1) is 0 Å². The first-order valence-electron chi connectivity index (χ1n) is 14.3. The van der Waals surface area contributed by atoms with Crippen LogP contribution in [0.15, 0.2) is 44.2 Å². The van der Waals surface area contributed by atoms with Crippen molar-refractivity contribution in [3.05, 3.63) is 35.4 Å². The van der Waals surface area contributed by atoms with Gasteiger partial charge >= 0.3 is 0 Å². The van der Waals surface area contributed by atoms with Gasteiger partial charge in [0, 0.05) is 12.8 Å². The molecule has 2 heterocycles. The number of nitrogens with zero attached hydrogens (tertiary/aromatic N) is 4. The molecule has 38 heavy (non-hydrogen) atoms. The van der Waals surface area contributed by atoms with Gasteiger partial charge in [-0.2, -0.15) is 0 Å². The molecule has 1 aromatic rings. The van der Waals surface area contributed by atoms with Gasteiger partial charge in [-0.05, 0) is 38.8 Å². The smallest absolute Gasteiger partial charge is 0.209 e. The number of hydrogen-bond acceptors (Lipinski definition) is 8. The molecule has 2 atom stereocenters. The monoisotopic (exact) mass is 530 g/mol. The van der Waals surface area contributed by atoms with Crippen LogP contribution in [-0.4, -0.2) is 75.2 Å². The maximum absolute atomic E-state index is 5.72. The molecule has 0 fully saturated rings. The molecule has 0 amide bonds. The van der Waals surface area contributed by atoms with Crippen molar-refractivity contribution in [3.8, 4) is 0 Å². The molecule has 8 nitrogen and oxygen atoms in total. The summed E-state index contributed by atoms with van der Waals surface area (Å²) < 4.78 is 22.6. The first-order chi connectivity index (χ1) is 18.5. The fourth-order valence-corrected chi connectivity index (χ4v) is 3.64. The molecule has 0 spiro atoms. The maximum atomic E-state index is 5.72. The van der Waals surface area contributed by atoms with E-state index >= 15 is 0 Å². The quantitative estimate of drug-likeness (QED) is 0.406. The Morgan fingerprint density at radius 3 is 1.16 bits per heavy atom. The third-order valence-electron chi connectivity index (χ3n) is 5.00. The first-order valence-corrected chi connectivity index (χ1v) is 14.3. The molecule has 0 unspecified atom stereocenters. The van der Waals surface area contributed by atoms with Crippen molar-refractivity contribution in [3.63, 3.8) is 0 Å². The van der Waals surface area contributed by atoms with Crippen LogP contribution in [0.3, 0.4) is 0 Å². The van der Waals surface area contributed by atoms with Crippen molar-refractivity contribution in [2.75, 3.05) is 39.5 Å². The van der Waals surface area contributed by atoms with Crippen molar-refractivity contribution in [2.45, 2.75) is 93.2 Å². The molecule has 0 aromatic heterocycles. The van der Waals surface area contributed by atoms with Gasteiger partial charge in [-0.25, -0.2) is 20.0 Å². The van der Waals surface area contributed by atoms with Gasteiger partial charge in [0.2, 0.25) is 23.6 Å². The summed E-state index contributed by atoms with van der Waals surface area (Å²) in [5, 5.41) is 0. The van der Waals surface area contributed by atoms with E-state index in [4.69, 9.17) is 28.9 Å². The van der Waals surface area contributed by atoms with E-state index in [2.05, 4.69) is 61.9 Å². The summed E-state index contributed by atoms with van der Waals surface area (Å²) in [4.78, 5) is 18.5. The van der Waals surface area contributed by atoms with Crippen LogP contribution in [0.4, 0.5) is 0 Å². The predicted molar refractivity (Wildman–Crippen MR) is 159 cm³/mol. The van der Waals surface area contributed by atoms with Crippen LogP contribution in [0.25, 0.3) is 0 Å². The highest BCUT2D eigenvalue weighted by Gasteiger charge is 2.25. The number of rotatable bonds is 8. The molecule has 0 N–H and O–H groups in total. The molecular weight excluding hydrogens is 480 g/mol. The van der Waals surface area contributed by atoms with Crippen molar-refractivity contribution in [1.29, 1.82) is 0 Å². The average molecular weight is 531 g/mol. The molecule has 0 aliphatic carbocycles. The van der Waals surface area contributed by atoms with E-state index in [1.54, 1.807) is 0 Å². The van der Waals surface area contributed by atoms with E-state index in [0.717, 1.165) is 11.1 Å². The van der Waals surface area contributed by atoms with Crippen molar-refractivity contribution in [1.82, 2.24) is 0 Å². The Balaban J connectivity index is 0.00000110. The number of benzene rings is 1. The predicted octanol–water partition coefficient (Wildman–Crippen LogP) is 6.11. The maximum Gasteiger partial charge on any atom is 0.209 e. The van der Waals surface area contributed by atoms with Crippen LogP contribution in [0.1, 0.15) is 79.4 Å². The zero-order valence-electron chi connectivity index (χ0n) is 25.0. The summed E-state index contributed by atoms with van der Waals surface area (Å²) in [6.45, 7) is 19.5. The Morgan fingerprint density at radius 1 is 0.553 bits per heavy atom. The lowest BCUT2D eigenvalue weighted by atomic mass is 10.0. The second kappa shape index (κ2) is 20.1. The first kappa shape index (κ1) is 33.1. The Morgan fingerprint density at radius 2 is 0.868 bits per heavy atom. The second-order valence-corrected chi connectivity index (χ2v) is 8.76. The van der Waals surface area contributed by atoms with Crippen LogP contribution < -0.4 is 0 Å². The Bertz CT molecular complexity index is 821. The van der Waals surface area contributed by atoms with E-state index < -0.39 is 0 Å². The van der Waals surface area contributed by atoms with E-state index in [0.29, 0.717) is 75.9 Å². The molecule has 8 heteroatoms. The molecule has 0 bridgehead atoms. The van der Waals surface area contributed by atoms with Crippen LogP contribution in [-0.2, 0) is 31.8 Å². The van der Waals surface area contributed by atoms with Gasteiger partial charge in [0.25, 0.3) is 0 Å². The van der Waals surface area contributed by atoms with Crippen molar-refractivity contribution < 1.29 is 18.9 Å². The highest BCUT2D eigenvalue weighted by molar-refractivity contribution is 5.92. The zero-order valence-corrected chi connectivity index (χ0v) is 25.0. The number of aliphatic imine (C=N–C) groups is 4. The lowest BCUT2D eigenvalue weighted by Gasteiger charge is -2.22. The SMILES string of the molecule is CCC.CCC.CCOC1=N[C@H](Cc2ccc(C[C@H]3N=C(OCC)CN=C3OCC)cc2)C(OCC)=NC1. The highest BCUT2D eigenvalue weighted by atomic mass is 16.5.